The number of nitrogens with zero attached hydrogens (tertiary/aromatic N) is 3. The van der Waals surface area contributed by atoms with E-state index in [1.165, 1.54) is 0 Å². The number of hydrogen-bond donors (Lipinski definition) is 1. The summed E-state index contributed by atoms with van der Waals surface area (Å²) in [5.41, 5.74) is 2.50. The molecule has 0 aliphatic rings. The van der Waals surface area contributed by atoms with Crippen molar-refractivity contribution in [3.05, 3.63) is 60.0 Å². The molecule has 23 heavy (non-hydrogen) atoms. The molecule has 0 atom stereocenters. The van der Waals surface area contributed by atoms with Crippen molar-refractivity contribution in [2.75, 3.05) is 6.54 Å². The quantitative estimate of drug-likeness (QED) is 0.762. The topological polar surface area (TPSA) is 59.8 Å². The lowest BCUT2D eigenvalue weighted by Crippen LogP contribution is -2.26. The fourth-order valence-corrected chi connectivity index (χ4v) is 2.63. The van der Waals surface area contributed by atoms with E-state index in [0.29, 0.717) is 18.5 Å². The zero-order valence-corrected chi connectivity index (χ0v) is 13.2. The molecule has 2 heterocycles. The molecule has 1 N–H and O–H groups in total. The van der Waals surface area contributed by atoms with Crippen molar-refractivity contribution in [1.29, 1.82) is 0 Å². The molecule has 0 saturated carbocycles. The van der Waals surface area contributed by atoms with Gasteiger partial charge in [-0.05, 0) is 30.7 Å². The van der Waals surface area contributed by atoms with Gasteiger partial charge in [0.1, 0.15) is 11.3 Å². The van der Waals surface area contributed by atoms with Crippen LogP contribution in [-0.2, 0) is 13.0 Å². The second-order valence-corrected chi connectivity index (χ2v) is 5.40. The summed E-state index contributed by atoms with van der Waals surface area (Å²) in [5, 5.41) is 2.95. The maximum atomic E-state index is 12.1. The molecule has 0 aliphatic heterocycles. The van der Waals surface area contributed by atoms with Gasteiger partial charge in [0, 0.05) is 31.3 Å². The minimum absolute atomic E-state index is 0.0538. The van der Waals surface area contributed by atoms with Crippen LogP contribution in [0, 0.1) is 0 Å². The molecule has 2 aromatic heterocycles. The van der Waals surface area contributed by atoms with Gasteiger partial charge in [0.2, 0.25) is 0 Å². The number of nitrogens with one attached hydrogen (secondary N) is 1. The Hall–Kier alpha value is -2.69. The molecule has 0 radical (unpaired) electrons. The number of benzene rings is 1. The molecular formula is C18H20N4O. The Kier molecular flexibility index (Phi) is 4.66. The minimum atomic E-state index is -0.0538. The standard InChI is InChI=1S/C18H20N4O/c1-2-13-22-16(21-15-9-6-11-19-17(15)22)10-12-20-18(23)14-7-4-3-5-8-14/h3-9,11H,2,10,12-13H2,1H3,(H,20,23). The van der Waals surface area contributed by atoms with Gasteiger partial charge in [0.25, 0.3) is 5.91 Å². The molecule has 0 unspecified atom stereocenters. The largest absolute Gasteiger partial charge is 0.352 e. The van der Waals surface area contributed by atoms with Gasteiger partial charge in [-0.1, -0.05) is 25.1 Å². The summed E-state index contributed by atoms with van der Waals surface area (Å²) in [6.45, 7) is 3.58. The Balaban J connectivity index is 1.69. The Morgan fingerprint density at radius 3 is 2.78 bits per heavy atom. The van der Waals surface area contributed by atoms with Crippen molar-refractivity contribution in [2.45, 2.75) is 26.3 Å². The number of carbonyl (C=O) groups is 1. The van der Waals surface area contributed by atoms with Crippen LogP contribution in [0.2, 0.25) is 0 Å². The maximum absolute atomic E-state index is 12.1. The molecule has 5 nitrogen and oxygen atoms in total. The van der Waals surface area contributed by atoms with Gasteiger partial charge in [-0.15, -0.1) is 0 Å². The third kappa shape index (κ3) is 3.39. The van der Waals surface area contributed by atoms with E-state index in [2.05, 4.69) is 26.8 Å². The first kappa shape index (κ1) is 15.2. The number of imidazole rings is 1. The molecule has 0 aliphatic carbocycles. The second kappa shape index (κ2) is 7.05. The third-order valence-corrected chi connectivity index (χ3v) is 3.70. The number of rotatable bonds is 6. The molecular weight excluding hydrogens is 288 g/mol. The molecule has 3 rings (SSSR count). The summed E-state index contributed by atoms with van der Waals surface area (Å²) in [6, 6.07) is 13.1. The van der Waals surface area contributed by atoms with Crippen molar-refractivity contribution in [3.63, 3.8) is 0 Å². The highest BCUT2D eigenvalue weighted by Gasteiger charge is 2.11. The second-order valence-electron chi connectivity index (χ2n) is 5.40. The zero-order chi connectivity index (χ0) is 16.1. The van der Waals surface area contributed by atoms with Crippen molar-refractivity contribution < 1.29 is 4.79 Å². The first-order valence-corrected chi connectivity index (χ1v) is 7.93. The molecule has 5 heteroatoms. The van der Waals surface area contributed by atoms with Gasteiger partial charge in [-0.25, -0.2) is 9.97 Å². The van der Waals surface area contributed by atoms with Crippen LogP contribution in [0.15, 0.2) is 48.7 Å². The van der Waals surface area contributed by atoms with Crippen molar-refractivity contribution in [3.8, 4) is 0 Å². The Morgan fingerprint density at radius 1 is 1.17 bits per heavy atom. The lowest BCUT2D eigenvalue weighted by molar-refractivity contribution is 0.0954. The molecule has 0 bridgehead atoms. The van der Waals surface area contributed by atoms with Crippen molar-refractivity contribution in [1.82, 2.24) is 19.9 Å². The predicted molar refractivity (Wildman–Crippen MR) is 90.3 cm³/mol. The fourth-order valence-electron chi connectivity index (χ4n) is 2.63. The van der Waals surface area contributed by atoms with E-state index in [1.54, 1.807) is 6.20 Å². The summed E-state index contributed by atoms with van der Waals surface area (Å²) >= 11 is 0. The highest BCUT2D eigenvalue weighted by Crippen LogP contribution is 2.14. The van der Waals surface area contributed by atoms with Gasteiger partial charge in [0.15, 0.2) is 5.65 Å². The average molecular weight is 308 g/mol. The Labute approximate surface area is 135 Å². The first-order valence-electron chi connectivity index (χ1n) is 7.93. The summed E-state index contributed by atoms with van der Waals surface area (Å²) in [7, 11) is 0. The molecule has 3 aromatic rings. The van der Waals surface area contributed by atoms with Crippen molar-refractivity contribution in [2.24, 2.45) is 0 Å². The van der Waals surface area contributed by atoms with Crippen LogP contribution >= 0.6 is 0 Å². The van der Waals surface area contributed by atoms with E-state index in [4.69, 9.17) is 0 Å². The van der Waals surface area contributed by atoms with Crippen LogP contribution in [-0.4, -0.2) is 27.0 Å². The van der Waals surface area contributed by atoms with E-state index in [0.717, 1.165) is 30.0 Å². The highest BCUT2D eigenvalue weighted by molar-refractivity contribution is 5.94. The van der Waals surface area contributed by atoms with Crippen LogP contribution in [0.5, 0.6) is 0 Å². The number of carbonyl (C=O) groups excluding carboxylic acids is 1. The highest BCUT2D eigenvalue weighted by atomic mass is 16.1. The number of fused-ring (bicyclic) bond motifs is 1. The normalized spacial score (nSPS) is 10.8. The van der Waals surface area contributed by atoms with Gasteiger partial charge in [-0.2, -0.15) is 0 Å². The SMILES string of the molecule is CCCn1c(CCNC(=O)c2ccccc2)nc2cccnc21. The number of hydrogen-bond acceptors (Lipinski definition) is 3. The van der Waals surface area contributed by atoms with Crippen molar-refractivity contribution >= 4 is 17.1 Å². The van der Waals surface area contributed by atoms with Crippen LogP contribution in [0.1, 0.15) is 29.5 Å². The Morgan fingerprint density at radius 2 is 2.00 bits per heavy atom. The predicted octanol–water partition coefficient (Wildman–Crippen LogP) is 2.81. The van der Waals surface area contributed by atoms with Crippen LogP contribution < -0.4 is 5.32 Å². The monoisotopic (exact) mass is 308 g/mol. The van der Waals surface area contributed by atoms with E-state index in [-0.39, 0.29) is 5.91 Å². The average Bonchev–Trinajstić information content (AvgIpc) is 2.94. The van der Waals surface area contributed by atoms with Crippen LogP contribution in [0.4, 0.5) is 0 Å². The number of amides is 1. The summed E-state index contributed by atoms with van der Waals surface area (Å²) in [6.07, 6.45) is 3.50. The van der Waals surface area contributed by atoms with E-state index in [1.807, 2.05) is 42.5 Å². The van der Waals surface area contributed by atoms with Crippen LogP contribution in [0.3, 0.4) is 0 Å². The van der Waals surface area contributed by atoms with Gasteiger partial charge in [0.05, 0.1) is 0 Å². The molecule has 1 aromatic carbocycles. The van der Waals surface area contributed by atoms with Gasteiger partial charge >= 0.3 is 0 Å². The number of pyridine rings is 1. The Bertz CT molecular complexity index is 795. The summed E-state index contributed by atoms with van der Waals surface area (Å²) < 4.78 is 2.14. The van der Waals surface area contributed by atoms with Gasteiger partial charge in [-0.3, -0.25) is 4.79 Å². The minimum Gasteiger partial charge on any atom is -0.352 e. The fraction of sp³-hybridized carbons (Fsp3) is 0.278. The maximum Gasteiger partial charge on any atom is 0.251 e. The van der Waals surface area contributed by atoms with E-state index >= 15 is 0 Å². The van der Waals surface area contributed by atoms with E-state index in [9.17, 15) is 4.79 Å². The smallest absolute Gasteiger partial charge is 0.251 e. The molecule has 1 amide bonds. The first-order chi connectivity index (χ1) is 11.3. The molecule has 0 saturated heterocycles. The lowest BCUT2D eigenvalue weighted by Gasteiger charge is -2.08. The lowest BCUT2D eigenvalue weighted by atomic mass is 10.2. The molecule has 118 valence electrons. The summed E-state index contributed by atoms with van der Waals surface area (Å²) in [4.78, 5) is 21.1. The number of aromatic nitrogens is 3. The number of aryl methyl sites for hydroxylation is 1. The molecule has 0 spiro atoms. The van der Waals surface area contributed by atoms with E-state index < -0.39 is 0 Å². The zero-order valence-electron chi connectivity index (χ0n) is 13.2. The third-order valence-electron chi connectivity index (χ3n) is 3.70. The molecule has 0 fully saturated rings. The summed E-state index contributed by atoms with van der Waals surface area (Å²) in [5.74, 6) is 0.913. The van der Waals surface area contributed by atoms with Gasteiger partial charge < -0.3 is 9.88 Å². The van der Waals surface area contributed by atoms with Crippen LogP contribution in [0.25, 0.3) is 11.2 Å².